The van der Waals surface area contributed by atoms with Crippen LogP contribution in [0.15, 0.2) is 60.8 Å². The average molecular weight is 750 g/mol. The number of aliphatic hydroxyl groups excluding tert-OH is 1. The van der Waals surface area contributed by atoms with Gasteiger partial charge in [-0.2, -0.15) is 5.26 Å². The summed E-state index contributed by atoms with van der Waals surface area (Å²) in [7, 11) is 0. The molecule has 1 saturated carbocycles. The lowest BCUT2D eigenvalue weighted by Crippen LogP contribution is -2.64. The number of carbonyl (C=O) groups excluding carboxylic acids is 3. The number of hydrogen-bond donors (Lipinski definition) is 2. The van der Waals surface area contributed by atoms with E-state index in [9.17, 15) is 42.3 Å². The summed E-state index contributed by atoms with van der Waals surface area (Å²) in [6.07, 6.45) is 0.0309. The molecule has 2 aromatic carbocycles. The molecule has 0 unspecified atom stereocenters. The first-order valence-corrected chi connectivity index (χ1v) is 15.2. The number of rotatable bonds is 9. The number of nitrogens with zero attached hydrogens (tertiary/aromatic N) is 5. The Kier molecular flexibility index (Phi) is 9.89. The summed E-state index contributed by atoms with van der Waals surface area (Å²) < 4.78 is 57.4. The quantitative estimate of drug-likeness (QED) is 0.253. The normalized spacial score (nSPS) is 18.8. The summed E-state index contributed by atoms with van der Waals surface area (Å²) >= 11 is 1.93. The zero-order valence-corrected chi connectivity index (χ0v) is 26.2. The Bertz CT molecular complexity index is 1680. The number of aromatic nitrogens is 1. The number of nitrogens with one attached hydrogen (secondary N) is 1. The van der Waals surface area contributed by atoms with Crippen LogP contribution in [0.5, 0.6) is 0 Å². The van der Waals surface area contributed by atoms with E-state index in [1.54, 1.807) is 18.2 Å². The van der Waals surface area contributed by atoms with Crippen LogP contribution in [0.4, 0.5) is 29.1 Å². The van der Waals surface area contributed by atoms with Crippen molar-refractivity contribution in [3.05, 3.63) is 87.1 Å². The number of amides is 3. The number of hydrogen-bond acceptors (Lipinski definition) is 7. The van der Waals surface area contributed by atoms with Gasteiger partial charge < -0.3 is 10.4 Å². The minimum atomic E-state index is -2.97. The van der Waals surface area contributed by atoms with Crippen LogP contribution in [0.1, 0.15) is 30.0 Å². The number of benzene rings is 2. The van der Waals surface area contributed by atoms with Crippen molar-refractivity contribution in [2.24, 2.45) is 0 Å². The smallest absolute Gasteiger partial charge is 0.252 e. The Hall–Kier alpha value is -4.14. The van der Waals surface area contributed by atoms with Crippen molar-refractivity contribution in [1.82, 2.24) is 15.2 Å². The molecular formula is C31H27F4IN6O4. The van der Waals surface area contributed by atoms with E-state index in [-0.39, 0.29) is 48.9 Å². The lowest BCUT2D eigenvalue weighted by molar-refractivity contribution is -0.133. The third-order valence-electron chi connectivity index (χ3n) is 7.70. The number of piperazine rings is 1. The number of carbonyl (C=O) groups is 3. The molecule has 2 heterocycles. The van der Waals surface area contributed by atoms with Crippen LogP contribution in [-0.2, 0) is 14.4 Å². The molecule has 1 saturated heterocycles. The molecule has 1 aliphatic carbocycles. The molecule has 3 aromatic rings. The van der Waals surface area contributed by atoms with Crippen LogP contribution >= 0.6 is 22.6 Å². The first-order chi connectivity index (χ1) is 21.9. The molecule has 2 aliphatic rings. The second-order valence-corrected chi connectivity index (χ2v) is 12.1. The Morgan fingerprint density at radius 1 is 1.15 bits per heavy atom. The lowest BCUT2D eigenvalue weighted by Gasteiger charge is -2.43. The first-order valence-electron chi connectivity index (χ1n) is 14.1. The van der Waals surface area contributed by atoms with Crippen molar-refractivity contribution in [1.29, 1.82) is 5.26 Å². The second kappa shape index (κ2) is 13.7. The van der Waals surface area contributed by atoms with Crippen LogP contribution in [0.25, 0.3) is 0 Å². The van der Waals surface area contributed by atoms with E-state index >= 15 is 0 Å². The van der Waals surface area contributed by atoms with Gasteiger partial charge in [-0.25, -0.2) is 22.5 Å². The summed E-state index contributed by atoms with van der Waals surface area (Å²) in [6.45, 7) is -0.769. The largest absolute Gasteiger partial charge is 0.395 e. The summed E-state index contributed by atoms with van der Waals surface area (Å²) in [4.78, 5) is 50.1. The van der Waals surface area contributed by atoms with Crippen molar-refractivity contribution < 1.29 is 37.1 Å². The first kappa shape index (κ1) is 33.2. The molecule has 0 spiro atoms. The third-order valence-corrected chi connectivity index (χ3v) is 8.68. The highest BCUT2D eigenvalue weighted by molar-refractivity contribution is 14.1. The van der Waals surface area contributed by atoms with Gasteiger partial charge in [-0.05, 0) is 58.5 Å². The average Bonchev–Trinajstić information content (AvgIpc) is 2.98. The molecule has 2 fully saturated rings. The number of β-amino-alcohol motifs (C(OH)–C–C–N with tert-alkyl or cyclic N) is 1. The SMILES string of the molecule is N#Cc1ccnc(N2C(=O)CN(CCO)C[C@H]2C(=O)N(c2cc(F)cc(F)c2)[C@H](C(=O)NC2CC(F)(F)C2)c2ccccc2I)c1. The van der Waals surface area contributed by atoms with Gasteiger partial charge in [0.15, 0.2) is 0 Å². The molecule has 240 valence electrons. The fraction of sp³-hybridized carbons (Fsp3) is 0.323. The topological polar surface area (TPSA) is 130 Å². The Morgan fingerprint density at radius 3 is 2.48 bits per heavy atom. The molecular weight excluding hydrogens is 723 g/mol. The summed E-state index contributed by atoms with van der Waals surface area (Å²) in [5, 5.41) is 21.6. The van der Waals surface area contributed by atoms with E-state index in [4.69, 9.17) is 0 Å². The van der Waals surface area contributed by atoms with E-state index < -0.39 is 66.2 Å². The van der Waals surface area contributed by atoms with Crippen LogP contribution in [0, 0.1) is 26.5 Å². The van der Waals surface area contributed by atoms with Gasteiger partial charge in [-0.1, -0.05) is 18.2 Å². The van der Waals surface area contributed by atoms with Gasteiger partial charge in [-0.3, -0.25) is 29.1 Å². The van der Waals surface area contributed by atoms with E-state index in [1.807, 2.05) is 28.7 Å². The molecule has 0 radical (unpaired) electrons. The standard InChI is InChI=1S/C31H27F4IN6O4/c32-19-10-20(33)12-22(11-19)41(28(23-3-1-2-4-24(23)36)29(45)39-21-13-31(34,35)14-21)30(46)25-16-40(7-8-43)17-27(44)42(25)26-9-18(15-37)5-6-38-26/h1-6,9-12,21,25,28,43H,7-8,13-14,16-17H2,(H,39,45)/t25-,28-/m0/s1. The minimum absolute atomic E-state index is 0.00000707. The van der Waals surface area contributed by atoms with Crippen LogP contribution < -0.4 is 15.1 Å². The number of anilines is 2. The van der Waals surface area contributed by atoms with E-state index in [1.165, 1.54) is 29.3 Å². The van der Waals surface area contributed by atoms with E-state index in [0.29, 0.717) is 9.64 Å². The van der Waals surface area contributed by atoms with Gasteiger partial charge in [0.1, 0.15) is 29.5 Å². The fourth-order valence-electron chi connectivity index (χ4n) is 5.62. The van der Waals surface area contributed by atoms with E-state index in [0.717, 1.165) is 21.9 Å². The monoisotopic (exact) mass is 750 g/mol. The Morgan fingerprint density at radius 2 is 1.85 bits per heavy atom. The fourth-order valence-corrected chi connectivity index (χ4v) is 6.30. The maximum atomic E-state index is 14.9. The highest BCUT2D eigenvalue weighted by Crippen LogP contribution is 2.39. The van der Waals surface area contributed by atoms with Gasteiger partial charge in [0, 0.05) is 47.8 Å². The van der Waals surface area contributed by atoms with Crippen molar-refractivity contribution in [2.45, 2.75) is 36.9 Å². The molecule has 1 aliphatic heterocycles. The number of nitriles is 1. The lowest BCUT2D eigenvalue weighted by atomic mass is 9.87. The highest BCUT2D eigenvalue weighted by Gasteiger charge is 2.48. The van der Waals surface area contributed by atoms with Gasteiger partial charge in [0.25, 0.3) is 11.8 Å². The minimum Gasteiger partial charge on any atom is -0.395 e. The zero-order chi connectivity index (χ0) is 33.2. The van der Waals surface area contributed by atoms with Gasteiger partial charge in [0.2, 0.25) is 11.8 Å². The van der Waals surface area contributed by atoms with Crippen molar-refractivity contribution in [3.8, 4) is 6.07 Å². The maximum Gasteiger partial charge on any atom is 0.252 e. The third kappa shape index (κ3) is 7.13. The molecule has 0 bridgehead atoms. The molecule has 10 nitrogen and oxygen atoms in total. The molecule has 5 rings (SSSR count). The highest BCUT2D eigenvalue weighted by atomic mass is 127. The number of halogens is 5. The van der Waals surface area contributed by atoms with Gasteiger partial charge in [0.05, 0.1) is 30.5 Å². The van der Waals surface area contributed by atoms with Crippen LogP contribution in [-0.4, -0.2) is 77.0 Å². The number of pyridine rings is 1. The Balaban J connectivity index is 1.67. The Labute approximate surface area is 274 Å². The van der Waals surface area contributed by atoms with Gasteiger partial charge >= 0.3 is 0 Å². The molecule has 3 amide bonds. The predicted molar refractivity (Wildman–Crippen MR) is 166 cm³/mol. The van der Waals surface area contributed by atoms with E-state index in [2.05, 4.69) is 10.3 Å². The summed E-state index contributed by atoms with van der Waals surface area (Å²) in [5.74, 6) is -7.61. The molecule has 2 atom stereocenters. The number of alkyl halides is 2. The zero-order valence-electron chi connectivity index (χ0n) is 24.0. The molecule has 46 heavy (non-hydrogen) atoms. The second-order valence-electron chi connectivity index (χ2n) is 11.0. The van der Waals surface area contributed by atoms with Gasteiger partial charge in [-0.15, -0.1) is 0 Å². The summed E-state index contributed by atoms with van der Waals surface area (Å²) in [6, 6.07) is 9.33. The molecule has 15 heteroatoms. The molecule has 1 aromatic heterocycles. The maximum absolute atomic E-state index is 14.9. The van der Waals surface area contributed by atoms with Crippen molar-refractivity contribution >= 4 is 51.8 Å². The van der Waals surface area contributed by atoms with Crippen LogP contribution in [0.2, 0.25) is 0 Å². The molecule has 2 N–H and O–H groups in total. The summed E-state index contributed by atoms with van der Waals surface area (Å²) in [5.41, 5.74) is 0.00102. The number of aliphatic hydroxyl groups is 1. The van der Waals surface area contributed by atoms with Crippen LogP contribution in [0.3, 0.4) is 0 Å². The predicted octanol–water partition coefficient (Wildman–Crippen LogP) is 3.53. The van der Waals surface area contributed by atoms with Crippen molar-refractivity contribution in [3.63, 3.8) is 0 Å². The van der Waals surface area contributed by atoms with Crippen molar-refractivity contribution in [2.75, 3.05) is 36.0 Å².